The number of methoxy groups -OCH3 is 1. The molecule has 1 aromatic heterocycles. The van der Waals surface area contributed by atoms with Gasteiger partial charge >= 0.3 is 0 Å². The van der Waals surface area contributed by atoms with E-state index in [1.54, 1.807) is 55.6 Å². The summed E-state index contributed by atoms with van der Waals surface area (Å²) in [6, 6.07) is 13.3. The third-order valence-electron chi connectivity index (χ3n) is 4.95. The summed E-state index contributed by atoms with van der Waals surface area (Å²) in [4.78, 5) is 12.6. The van der Waals surface area contributed by atoms with Crippen molar-refractivity contribution in [3.8, 4) is 17.2 Å². The Morgan fingerprint density at radius 3 is 2.39 bits per heavy atom. The van der Waals surface area contributed by atoms with Gasteiger partial charge < -0.3 is 9.15 Å². The number of ether oxygens (including phenoxy) is 1. The lowest BCUT2D eigenvalue weighted by Gasteiger charge is -2.15. The van der Waals surface area contributed by atoms with E-state index in [0.29, 0.717) is 30.0 Å². The van der Waals surface area contributed by atoms with Gasteiger partial charge in [0, 0.05) is 24.2 Å². The maximum atomic E-state index is 12.6. The Balaban J connectivity index is 1.39. The SMILES string of the molecule is COc1ccc(C(=O)CSc2nnc(-c3ccc(S(=O)(=O)N4CCCC4)cc3)o2)cc1. The number of sulfonamides is 1. The lowest BCUT2D eigenvalue weighted by atomic mass is 10.1. The quantitative estimate of drug-likeness (QED) is 0.372. The number of ketones is 1. The molecule has 0 aliphatic carbocycles. The first kappa shape index (κ1) is 21.5. The van der Waals surface area contributed by atoms with Crippen LogP contribution in [0.5, 0.6) is 5.75 Å². The van der Waals surface area contributed by atoms with Crippen LogP contribution in [0.4, 0.5) is 0 Å². The lowest BCUT2D eigenvalue weighted by molar-refractivity contribution is 0.102. The largest absolute Gasteiger partial charge is 0.497 e. The molecule has 3 aromatic rings. The molecule has 8 nitrogen and oxygen atoms in total. The predicted molar refractivity (Wildman–Crippen MR) is 116 cm³/mol. The van der Waals surface area contributed by atoms with Crippen molar-refractivity contribution in [3.63, 3.8) is 0 Å². The number of nitrogens with zero attached hydrogens (tertiary/aromatic N) is 3. The van der Waals surface area contributed by atoms with Crippen molar-refractivity contribution < 1.29 is 22.4 Å². The third kappa shape index (κ3) is 4.81. The first-order valence-electron chi connectivity index (χ1n) is 9.71. The molecule has 0 saturated carbocycles. The molecule has 162 valence electrons. The van der Waals surface area contributed by atoms with Crippen molar-refractivity contribution in [2.45, 2.75) is 23.0 Å². The van der Waals surface area contributed by atoms with Crippen LogP contribution in [0.15, 0.2) is 63.1 Å². The van der Waals surface area contributed by atoms with Crippen molar-refractivity contribution in [3.05, 3.63) is 54.1 Å². The summed E-state index contributed by atoms with van der Waals surface area (Å²) in [7, 11) is -1.89. The normalized spacial score (nSPS) is 14.6. The molecule has 0 unspecified atom stereocenters. The van der Waals surface area contributed by atoms with Crippen LogP contribution in [0.1, 0.15) is 23.2 Å². The van der Waals surface area contributed by atoms with Gasteiger partial charge in [-0.15, -0.1) is 10.2 Å². The Kier molecular flexibility index (Phi) is 6.40. The molecular formula is C21H21N3O5S2. The van der Waals surface area contributed by atoms with Gasteiger partial charge in [-0.1, -0.05) is 11.8 Å². The van der Waals surface area contributed by atoms with Crippen molar-refractivity contribution >= 4 is 27.6 Å². The van der Waals surface area contributed by atoms with Gasteiger partial charge in [0.05, 0.1) is 17.8 Å². The molecule has 1 fully saturated rings. The second-order valence-corrected chi connectivity index (χ2v) is 9.81. The summed E-state index contributed by atoms with van der Waals surface area (Å²) < 4.78 is 37.5. The zero-order valence-electron chi connectivity index (χ0n) is 16.9. The molecule has 0 spiro atoms. The van der Waals surface area contributed by atoms with E-state index >= 15 is 0 Å². The fourth-order valence-corrected chi connectivity index (χ4v) is 5.39. The van der Waals surface area contributed by atoms with Crippen LogP contribution in [0.3, 0.4) is 0 Å². The van der Waals surface area contributed by atoms with Gasteiger partial charge in [0.15, 0.2) is 5.78 Å². The first-order chi connectivity index (χ1) is 15.0. The van der Waals surface area contributed by atoms with Crippen LogP contribution >= 0.6 is 11.8 Å². The molecule has 4 rings (SSSR count). The summed E-state index contributed by atoms with van der Waals surface area (Å²) in [5.74, 6) is 1.04. The number of benzene rings is 2. The highest BCUT2D eigenvalue weighted by atomic mass is 32.2. The summed E-state index contributed by atoms with van der Waals surface area (Å²) in [6.45, 7) is 1.12. The van der Waals surface area contributed by atoms with Crippen LogP contribution in [0.2, 0.25) is 0 Å². The van der Waals surface area contributed by atoms with Crippen LogP contribution in [-0.2, 0) is 10.0 Å². The number of rotatable bonds is 8. The third-order valence-corrected chi connectivity index (χ3v) is 7.68. The monoisotopic (exact) mass is 459 g/mol. The van der Waals surface area contributed by atoms with E-state index in [9.17, 15) is 13.2 Å². The number of hydrogen-bond donors (Lipinski definition) is 0. The zero-order chi connectivity index (χ0) is 21.8. The second kappa shape index (κ2) is 9.21. The van der Waals surface area contributed by atoms with Gasteiger partial charge in [-0.25, -0.2) is 8.42 Å². The number of hydrogen-bond acceptors (Lipinski definition) is 8. The molecule has 10 heteroatoms. The molecular weight excluding hydrogens is 438 g/mol. The number of carbonyl (C=O) groups excluding carboxylic acids is 1. The maximum absolute atomic E-state index is 12.6. The fourth-order valence-electron chi connectivity index (χ4n) is 3.22. The molecule has 0 amide bonds. The van der Waals surface area contributed by atoms with Crippen LogP contribution < -0.4 is 4.74 Å². The van der Waals surface area contributed by atoms with Crippen molar-refractivity contribution in [1.82, 2.24) is 14.5 Å². The first-order valence-corrected chi connectivity index (χ1v) is 12.1. The maximum Gasteiger partial charge on any atom is 0.277 e. The van der Waals surface area contributed by atoms with Crippen molar-refractivity contribution in [2.24, 2.45) is 0 Å². The van der Waals surface area contributed by atoms with Crippen LogP contribution in [0, 0.1) is 0 Å². The number of carbonyl (C=O) groups is 1. The highest BCUT2D eigenvalue weighted by molar-refractivity contribution is 7.99. The van der Waals surface area contributed by atoms with Crippen LogP contribution in [-0.4, -0.2) is 54.7 Å². The minimum atomic E-state index is -3.46. The summed E-state index contributed by atoms with van der Waals surface area (Å²) in [5.41, 5.74) is 1.18. The van der Waals surface area contributed by atoms with E-state index in [2.05, 4.69) is 10.2 Å². The van der Waals surface area contributed by atoms with E-state index in [1.807, 2.05) is 0 Å². The molecule has 0 N–H and O–H groups in total. The van der Waals surface area contributed by atoms with E-state index < -0.39 is 10.0 Å². The molecule has 0 bridgehead atoms. The van der Waals surface area contributed by atoms with E-state index in [4.69, 9.17) is 9.15 Å². The molecule has 2 aromatic carbocycles. The minimum absolute atomic E-state index is 0.0659. The Hall–Kier alpha value is -2.69. The van der Waals surface area contributed by atoms with Crippen molar-refractivity contribution in [1.29, 1.82) is 0 Å². The molecule has 31 heavy (non-hydrogen) atoms. The average Bonchev–Trinajstić information content (AvgIpc) is 3.50. The van der Waals surface area contributed by atoms with E-state index in [0.717, 1.165) is 24.6 Å². The van der Waals surface area contributed by atoms with Crippen molar-refractivity contribution in [2.75, 3.05) is 26.0 Å². The lowest BCUT2D eigenvalue weighted by Crippen LogP contribution is -2.27. The van der Waals surface area contributed by atoms with Gasteiger partial charge in [0.2, 0.25) is 15.9 Å². The standard InChI is InChI=1S/C21H21N3O5S2/c1-28-17-8-4-15(5-9-17)19(25)14-30-21-23-22-20(29-21)16-6-10-18(11-7-16)31(26,27)24-12-2-3-13-24/h4-11H,2-3,12-14H2,1H3. The molecule has 2 heterocycles. The molecule has 1 aliphatic heterocycles. The average molecular weight is 460 g/mol. The Morgan fingerprint density at radius 2 is 1.74 bits per heavy atom. The molecule has 1 saturated heterocycles. The number of Topliss-reactive ketones (excluding diaryl/α,β-unsaturated/α-hetero) is 1. The van der Waals surface area contributed by atoms with Gasteiger partial charge in [-0.05, 0) is 61.4 Å². The van der Waals surface area contributed by atoms with Gasteiger partial charge in [0.25, 0.3) is 5.22 Å². The minimum Gasteiger partial charge on any atom is -0.497 e. The van der Waals surface area contributed by atoms with Crippen LogP contribution in [0.25, 0.3) is 11.5 Å². The highest BCUT2D eigenvalue weighted by Crippen LogP contribution is 2.27. The Labute approximate surface area is 184 Å². The summed E-state index contributed by atoms with van der Waals surface area (Å²) in [5, 5.41) is 8.24. The summed E-state index contributed by atoms with van der Waals surface area (Å²) >= 11 is 1.15. The number of thioether (sulfide) groups is 1. The van der Waals surface area contributed by atoms with Gasteiger partial charge in [-0.3, -0.25) is 4.79 Å². The number of aromatic nitrogens is 2. The Bertz CT molecular complexity index is 1150. The molecule has 0 atom stereocenters. The highest BCUT2D eigenvalue weighted by Gasteiger charge is 2.27. The fraction of sp³-hybridized carbons (Fsp3) is 0.286. The predicted octanol–water partition coefficient (Wildman–Crippen LogP) is 3.50. The van der Waals surface area contributed by atoms with E-state index in [1.165, 1.54) is 4.31 Å². The molecule has 0 radical (unpaired) electrons. The van der Waals surface area contributed by atoms with Gasteiger partial charge in [-0.2, -0.15) is 4.31 Å². The smallest absolute Gasteiger partial charge is 0.277 e. The zero-order valence-corrected chi connectivity index (χ0v) is 18.5. The van der Waals surface area contributed by atoms with Gasteiger partial charge in [0.1, 0.15) is 5.75 Å². The Morgan fingerprint density at radius 1 is 1.06 bits per heavy atom. The van der Waals surface area contributed by atoms with E-state index in [-0.39, 0.29) is 27.5 Å². The second-order valence-electron chi connectivity index (χ2n) is 6.95. The summed E-state index contributed by atoms with van der Waals surface area (Å²) in [6.07, 6.45) is 1.78. The topological polar surface area (TPSA) is 103 Å². The molecule has 1 aliphatic rings.